The Morgan fingerprint density at radius 2 is 2.20 bits per heavy atom. The highest BCUT2D eigenvalue weighted by Crippen LogP contribution is 2.25. The molecule has 108 valence electrons. The summed E-state index contributed by atoms with van der Waals surface area (Å²) in [4.78, 5) is 1.12. The lowest BCUT2D eigenvalue weighted by atomic mass is 10.0. The topological polar surface area (TPSA) is 37.8 Å². The minimum Gasteiger partial charge on any atom is -0.309 e. The van der Waals surface area contributed by atoms with E-state index in [4.69, 9.17) is 0 Å². The van der Waals surface area contributed by atoms with E-state index in [0.29, 0.717) is 0 Å². The zero-order chi connectivity index (χ0) is 14.5. The second-order valence-corrected chi connectivity index (χ2v) is 6.41. The normalized spacial score (nSPS) is 12.6. The fourth-order valence-electron chi connectivity index (χ4n) is 2.10. The monoisotopic (exact) mass is 357 g/mol. The number of halogens is 2. The quantitative estimate of drug-likeness (QED) is 0.847. The molecule has 1 atom stereocenters. The Morgan fingerprint density at radius 3 is 2.80 bits per heavy atom. The first-order valence-electron chi connectivity index (χ1n) is 6.57. The van der Waals surface area contributed by atoms with Crippen molar-refractivity contribution < 1.29 is 4.39 Å². The standard InChI is InChI=1S/C14H17BrFN3S/c1-3-4-17-13(14-9(2)18-19-20-14)7-10-5-11(15)8-12(16)6-10/h5-6,8,13,17H,3-4,7H2,1-2H3. The third-order valence-electron chi connectivity index (χ3n) is 3.01. The van der Waals surface area contributed by atoms with Gasteiger partial charge in [-0.3, -0.25) is 0 Å². The molecule has 6 heteroatoms. The highest BCUT2D eigenvalue weighted by Gasteiger charge is 2.17. The molecule has 1 N–H and O–H groups in total. The highest BCUT2D eigenvalue weighted by atomic mass is 79.9. The van der Waals surface area contributed by atoms with E-state index in [1.54, 1.807) is 6.07 Å². The van der Waals surface area contributed by atoms with E-state index in [0.717, 1.165) is 40.0 Å². The van der Waals surface area contributed by atoms with Gasteiger partial charge in [0, 0.05) is 10.5 Å². The van der Waals surface area contributed by atoms with Gasteiger partial charge in [0.05, 0.1) is 10.6 Å². The van der Waals surface area contributed by atoms with Crippen molar-refractivity contribution in [3.8, 4) is 0 Å². The van der Waals surface area contributed by atoms with Crippen molar-refractivity contribution in [2.45, 2.75) is 32.7 Å². The first kappa shape index (κ1) is 15.5. The molecular formula is C14H17BrFN3S. The molecule has 0 bridgehead atoms. The van der Waals surface area contributed by atoms with Gasteiger partial charge in [0.1, 0.15) is 5.82 Å². The van der Waals surface area contributed by atoms with Crippen molar-refractivity contribution in [2.75, 3.05) is 6.54 Å². The van der Waals surface area contributed by atoms with Crippen LogP contribution in [0, 0.1) is 12.7 Å². The number of aryl methyl sites for hydroxylation is 1. The van der Waals surface area contributed by atoms with Gasteiger partial charge in [0.15, 0.2) is 0 Å². The lowest BCUT2D eigenvalue weighted by Crippen LogP contribution is -2.24. The first-order valence-corrected chi connectivity index (χ1v) is 8.14. The Labute approximate surface area is 130 Å². The lowest BCUT2D eigenvalue weighted by Gasteiger charge is -2.17. The van der Waals surface area contributed by atoms with Gasteiger partial charge in [0.2, 0.25) is 0 Å². The van der Waals surface area contributed by atoms with E-state index in [1.165, 1.54) is 17.6 Å². The third kappa shape index (κ3) is 4.07. The molecule has 0 spiro atoms. The van der Waals surface area contributed by atoms with Gasteiger partial charge in [-0.1, -0.05) is 27.3 Å². The van der Waals surface area contributed by atoms with Crippen molar-refractivity contribution in [1.82, 2.24) is 14.9 Å². The summed E-state index contributed by atoms with van der Waals surface area (Å²) >= 11 is 4.74. The molecule has 2 aromatic rings. The van der Waals surface area contributed by atoms with Crippen molar-refractivity contribution in [2.24, 2.45) is 0 Å². The van der Waals surface area contributed by atoms with Crippen LogP contribution in [0.3, 0.4) is 0 Å². The molecule has 2 rings (SSSR count). The fourth-order valence-corrected chi connectivity index (χ4v) is 3.33. The summed E-state index contributed by atoms with van der Waals surface area (Å²) in [6.07, 6.45) is 1.77. The van der Waals surface area contributed by atoms with Gasteiger partial charge in [-0.2, -0.15) is 0 Å². The van der Waals surface area contributed by atoms with E-state index in [1.807, 2.05) is 13.0 Å². The molecule has 0 aliphatic carbocycles. The second-order valence-electron chi connectivity index (χ2n) is 4.71. The van der Waals surface area contributed by atoms with Gasteiger partial charge in [-0.05, 0) is 61.6 Å². The zero-order valence-corrected chi connectivity index (χ0v) is 13.9. The van der Waals surface area contributed by atoms with Crippen LogP contribution in [0.2, 0.25) is 0 Å². The summed E-state index contributed by atoms with van der Waals surface area (Å²) in [5, 5.41) is 7.56. The Morgan fingerprint density at radius 1 is 1.40 bits per heavy atom. The van der Waals surface area contributed by atoms with E-state index in [-0.39, 0.29) is 11.9 Å². The molecule has 0 aliphatic rings. The van der Waals surface area contributed by atoms with Gasteiger partial charge in [-0.15, -0.1) is 5.10 Å². The number of nitrogens with zero attached hydrogens (tertiary/aromatic N) is 2. The van der Waals surface area contributed by atoms with Crippen LogP contribution in [0.4, 0.5) is 4.39 Å². The van der Waals surface area contributed by atoms with E-state index in [9.17, 15) is 4.39 Å². The molecular weight excluding hydrogens is 341 g/mol. The lowest BCUT2D eigenvalue weighted by molar-refractivity contribution is 0.531. The summed E-state index contributed by atoms with van der Waals surface area (Å²) < 4.78 is 18.2. The predicted molar refractivity (Wildman–Crippen MR) is 83.5 cm³/mol. The zero-order valence-electron chi connectivity index (χ0n) is 11.5. The largest absolute Gasteiger partial charge is 0.309 e. The molecule has 0 aliphatic heterocycles. The van der Waals surface area contributed by atoms with Crippen LogP contribution in [-0.4, -0.2) is 16.1 Å². The van der Waals surface area contributed by atoms with Crippen LogP contribution in [0.5, 0.6) is 0 Å². The highest BCUT2D eigenvalue weighted by molar-refractivity contribution is 9.10. The van der Waals surface area contributed by atoms with Gasteiger partial charge >= 0.3 is 0 Å². The predicted octanol–water partition coefficient (Wildman–Crippen LogP) is 4.03. The Bertz CT molecular complexity index is 553. The maximum Gasteiger partial charge on any atom is 0.124 e. The number of aromatic nitrogens is 2. The average Bonchev–Trinajstić information content (AvgIpc) is 2.79. The second kappa shape index (κ2) is 7.24. The van der Waals surface area contributed by atoms with Gasteiger partial charge in [-0.25, -0.2) is 4.39 Å². The molecule has 1 heterocycles. The molecule has 0 fully saturated rings. The maximum atomic E-state index is 13.5. The van der Waals surface area contributed by atoms with E-state index >= 15 is 0 Å². The van der Waals surface area contributed by atoms with Crippen LogP contribution in [0.25, 0.3) is 0 Å². The van der Waals surface area contributed by atoms with Crippen molar-refractivity contribution in [3.63, 3.8) is 0 Å². The van der Waals surface area contributed by atoms with E-state index < -0.39 is 0 Å². The molecule has 3 nitrogen and oxygen atoms in total. The van der Waals surface area contributed by atoms with Crippen LogP contribution in [0.1, 0.15) is 35.5 Å². The average molecular weight is 358 g/mol. The first-order chi connectivity index (χ1) is 9.60. The Hall–Kier alpha value is -0.850. The SMILES string of the molecule is CCCNC(Cc1cc(F)cc(Br)c1)c1snnc1C. The summed E-state index contributed by atoms with van der Waals surface area (Å²) in [5.74, 6) is -0.220. The summed E-state index contributed by atoms with van der Waals surface area (Å²) in [6, 6.07) is 5.13. The molecule has 0 saturated carbocycles. The van der Waals surface area contributed by atoms with Crippen molar-refractivity contribution in [1.29, 1.82) is 0 Å². The number of nitrogens with one attached hydrogen (secondary N) is 1. The van der Waals surface area contributed by atoms with Gasteiger partial charge < -0.3 is 5.32 Å². The minimum atomic E-state index is -0.220. The van der Waals surface area contributed by atoms with E-state index in [2.05, 4.69) is 37.8 Å². The molecule has 1 aromatic heterocycles. The number of benzene rings is 1. The van der Waals surface area contributed by atoms with Crippen LogP contribution in [0.15, 0.2) is 22.7 Å². The smallest absolute Gasteiger partial charge is 0.124 e. The third-order valence-corrected chi connectivity index (χ3v) is 4.40. The number of hydrogen-bond acceptors (Lipinski definition) is 4. The Kier molecular flexibility index (Phi) is 5.63. The van der Waals surface area contributed by atoms with Crippen molar-refractivity contribution in [3.05, 3.63) is 44.6 Å². The minimum absolute atomic E-state index is 0.128. The molecule has 20 heavy (non-hydrogen) atoms. The molecule has 0 saturated heterocycles. The molecule has 0 radical (unpaired) electrons. The maximum absolute atomic E-state index is 13.5. The number of hydrogen-bond donors (Lipinski definition) is 1. The Balaban J connectivity index is 2.21. The van der Waals surface area contributed by atoms with Crippen LogP contribution in [-0.2, 0) is 6.42 Å². The fraction of sp³-hybridized carbons (Fsp3) is 0.429. The molecule has 1 aromatic carbocycles. The van der Waals surface area contributed by atoms with Crippen LogP contribution < -0.4 is 5.32 Å². The molecule has 0 amide bonds. The number of rotatable bonds is 6. The summed E-state index contributed by atoms with van der Waals surface area (Å²) in [7, 11) is 0. The molecule has 1 unspecified atom stereocenters. The van der Waals surface area contributed by atoms with Gasteiger partial charge in [0.25, 0.3) is 0 Å². The van der Waals surface area contributed by atoms with Crippen molar-refractivity contribution >= 4 is 27.5 Å². The summed E-state index contributed by atoms with van der Waals surface area (Å²) in [6.45, 7) is 5.00. The van der Waals surface area contributed by atoms with Crippen LogP contribution >= 0.6 is 27.5 Å². The summed E-state index contributed by atoms with van der Waals surface area (Å²) in [5.41, 5.74) is 1.90.